The van der Waals surface area contributed by atoms with Gasteiger partial charge in [-0.1, -0.05) is 17.7 Å². The zero-order chi connectivity index (χ0) is 9.84. The molecule has 70 valence electrons. The van der Waals surface area contributed by atoms with Gasteiger partial charge in [0.2, 0.25) is 0 Å². The second-order valence-corrected chi connectivity index (χ2v) is 3.01. The first-order valence-corrected chi connectivity index (χ1v) is 4.06. The molecule has 1 aromatic heterocycles. The topological polar surface area (TPSA) is 76.2 Å². The van der Waals surface area contributed by atoms with Gasteiger partial charge in [0.15, 0.2) is 0 Å². The lowest BCUT2D eigenvalue weighted by molar-refractivity contribution is -0.137. The predicted octanol–water partition coefficient (Wildman–Crippen LogP) is 1.21. The van der Waals surface area contributed by atoms with Crippen LogP contribution in [0, 0.1) is 0 Å². The molecule has 5 heteroatoms. The molecule has 4 nitrogen and oxygen atoms in total. The molecule has 0 aliphatic heterocycles. The number of rotatable bonds is 3. The Bertz CT molecular complexity index is 300. The summed E-state index contributed by atoms with van der Waals surface area (Å²) in [4.78, 5) is 14.1. The van der Waals surface area contributed by atoms with E-state index in [-0.39, 0.29) is 6.42 Å². The number of pyridine rings is 1. The van der Waals surface area contributed by atoms with Gasteiger partial charge in [-0.05, 0) is 11.6 Å². The predicted molar refractivity (Wildman–Crippen MR) is 48.4 cm³/mol. The van der Waals surface area contributed by atoms with E-state index in [0.717, 1.165) is 0 Å². The van der Waals surface area contributed by atoms with Gasteiger partial charge in [0.1, 0.15) is 5.15 Å². The van der Waals surface area contributed by atoms with Gasteiger partial charge in [-0.25, -0.2) is 4.98 Å². The molecular weight excluding hydrogens is 192 g/mol. The number of nitrogens with two attached hydrogens (primary N) is 1. The van der Waals surface area contributed by atoms with Crippen LogP contribution in [0.2, 0.25) is 5.15 Å². The number of hydrogen-bond donors (Lipinski definition) is 2. The maximum atomic E-state index is 10.3. The number of carboxylic acid groups (broad SMARTS) is 1. The van der Waals surface area contributed by atoms with Crippen LogP contribution in [-0.2, 0) is 4.79 Å². The van der Waals surface area contributed by atoms with Crippen molar-refractivity contribution in [2.75, 3.05) is 0 Å². The molecule has 0 radical (unpaired) electrons. The van der Waals surface area contributed by atoms with Crippen LogP contribution in [0.5, 0.6) is 0 Å². The molecule has 0 saturated carbocycles. The summed E-state index contributed by atoms with van der Waals surface area (Å²) < 4.78 is 0. The van der Waals surface area contributed by atoms with Gasteiger partial charge in [-0.3, -0.25) is 4.79 Å². The molecule has 13 heavy (non-hydrogen) atoms. The van der Waals surface area contributed by atoms with Gasteiger partial charge in [0.25, 0.3) is 0 Å². The lowest BCUT2D eigenvalue weighted by Gasteiger charge is -2.07. The number of carboxylic acids is 1. The Kier molecular flexibility index (Phi) is 3.22. The molecule has 1 aromatic rings. The molecule has 0 aromatic carbocycles. The van der Waals surface area contributed by atoms with Crippen molar-refractivity contribution in [3.8, 4) is 0 Å². The summed E-state index contributed by atoms with van der Waals surface area (Å²) in [5.41, 5.74) is 6.26. The molecule has 0 saturated heterocycles. The molecule has 1 heterocycles. The molecule has 0 aliphatic carbocycles. The van der Waals surface area contributed by atoms with Crippen LogP contribution in [0.4, 0.5) is 0 Å². The van der Waals surface area contributed by atoms with E-state index in [1.54, 1.807) is 12.1 Å². The van der Waals surface area contributed by atoms with Crippen LogP contribution in [0.3, 0.4) is 0 Å². The highest BCUT2D eigenvalue weighted by Crippen LogP contribution is 2.14. The average molecular weight is 201 g/mol. The zero-order valence-corrected chi connectivity index (χ0v) is 7.53. The summed E-state index contributed by atoms with van der Waals surface area (Å²) in [6.45, 7) is 0. The summed E-state index contributed by atoms with van der Waals surface area (Å²) >= 11 is 5.55. The smallest absolute Gasteiger partial charge is 0.305 e. The molecule has 0 unspecified atom stereocenters. The van der Waals surface area contributed by atoms with Gasteiger partial charge in [-0.2, -0.15) is 0 Å². The monoisotopic (exact) mass is 200 g/mol. The standard InChI is InChI=1S/C8H9ClN2O2/c9-7-2-1-5(4-11-7)6(10)3-8(12)13/h1-2,4,6H,3,10H2,(H,12,13)/t6-/m0/s1. The molecular formula is C8H9ClN2O2. The van der Waals surface area contributed by atoms with Gasteiger partial charge in [-0.15, -0.1) is 0 Å². The highest BCUT2D eigenvalue weighted by molar-refractivity contribution is 6.29. The Hall–Kier alpha value is -1.13. The summed E-state index contributed by atoms with van der Waals surface area (Å²) in [5, 5.41) is 8.84. The van der Waals surface area contributed by atoms with Crippen molar-refractivity contribution < 1.29 is 9.90 Å². The normalized spacial score (nSPS) is 12.5. The van der Waals surface area contributed by atoms with Crippen LogP contribution in [0.15, 0.2) is 18.3 Å². The van der Waals surface area contributed by atoms with Crippen LogP contribution in [0.25, 0.3) is 0 Å². The van der Waals surface area contributed by atoms with Crippen molar-refractivity contribution in [1.82, 2.24) is 4.98 Å². The maximum Gasteiger partial charge on any atom is 0.305 e. The Morgan fingerprint density at radius 3 is 2.85 bits per heavy atom. The van der Waals surface area contributed by atoms with Gasteiger partial charge in [0, 0.05) is 12.2 Å². The van der Waals surface area contributed by atoms with E-state index in [2.05, 4.69) is 4.98 Å². The number of hydrogen-bond acceptors (Lipinski definition) is 3. The van der Waals surface area contributed by atoms with E-state index in [9.17, 15) is 4.79 Å². The third kappa shape index (κ3) is 3.01. The first-order chi connectivity index (χ1) is 6.09. The molecule has 3 N–H and O–H groups in total. The Labute approximate surface area is 80.3 Å². The van der Waals surface area contributed by atoms with E-state index in [4.69, 9.17) is 22.4 Å². The van der Waals surface area contributed by atoms with Gasteiger partial charge < -0.3 is 10.8 Å². The minimum Gasteiger partial charge on any atom is -0.481 e. The zero-order valence-electron chi connectivity index (χ0n) is 6.77. The molecule has 0 aliphatic rings. The van der Waals surface area contributed by atoms with Gasteiger partial charge in [0.05, 0.1) is 6.42 Å². The number of aromatic nitrogens is 1. The molecule has 1 rings (SSSR count). The molecule has 0 spiro atoms. The minimum absolute atomic E-state index is 0.108. The van der Waals surface area contributed by atoms with Crippen molar-refractivity contribution >= 4 is 17.6 Å². The number of nitrogens with zero attached hydrogens (tertiary/aromatic N) is 1. The fraction of sp³-hybridized carbons (Fsp3) is 0.250. The third-order valence-electron chi connectivity index (χ3n) is 1.57. The van der Waals surface area contributed by atoms with Crippen LogP contribution in [0.1, 0.15) is 18.0 Å². The summed E-state index contributed by atoms with van der Waals surface area (Å²) in [6.07, 6.45) is 1.37. The molecule has 0 amide bonds. The lowest BCUT2D eigenvalue weighted by Crippen LogP contribution is -2.15. The number of aliphatic carboxylic acids is 1. The molecule has 0 bridgehead atoms. The second kappa shape index (κ2) is 4.20. The van der Waals surface area contributed by atoms with Crippen molar-refractivity contribution in [1.29, 1.82) is 0 Å². The highest BCUT2D eigenvalue weighted by atomic mass is 35.5. The Morgan fingerprint density at radius 1 is 1.69 bits per heavy atom. The first kappa shape index (κ1) is 9.95. The Balaban J connectivity index is 2.71. The lowest BCUT2D eigenvalue weighted by atomic mass is 10.1. The van der Waals surface area contributed by atoms with Crippen molar-refractivity contribution in [2.45, 2.75) is 12.5 Å². The van der Waals surface area contributed by atoms with E-state index < -0.39 is 12.0 Å². The van der Waals surface area contributed by atoms with Gasteiger partial charge >= 0.3 is 5.97 Å². The second-order valence-electron chi connectivity index (χ2n) is 2.62. The third-order valence-corrected chi connectivity index (χ3v) is 1.80. The maximum absolute atomic E-state index is 10.3. The minimum atomic E-state index is -0.928. The Morgan fingerprint density at radius 2 is 2.38 bits per heavy atom. The summed E-state index contributed by atoms with van der Waals surface area (Å²) in [5.74, 6) is -0.928. The van der Waals surface area contributed by atoms with Crippen molar-refractivity contribution in [3.63, 3.8) is 0 Å². The summed E-state index contributed by atoms with van der Waals surface area (Å²) in [6, 6.07) is 2.73. The van der Waals surface area contributed by atoms with Crippen LogP contribution < -0.4 is 5.73 Å². The van der Waals surface area contributed by atoms with Crippen LogP contribution >= 0.6 is 11.6 Å². The first-order valence-electron chi connectivity index (χ1n) is 3.68. The SMILES string of the molecule is N[C@@H](CC(=O)O)c1ccc(Cl)nc1. The molecule has 1 atom stereocenters. The number of carbonyl (C=O) groups is 1. The average Bonchev–Trinajstić information content (AvgIpc) is 2.04. The highest BCUT2D eigenvalue weighted by Gasteiger charge is 2.10. The summed E-state index contributed by atoms with van der Waals surface area (Å²) in [7, 11) is 0. The van der Waals surface area contributed by atoms with E-state index in [1.807, 2.05) is 0 Å². The van der Waals surface area contributed by atoms with E-state index >= 15 is 0 Å². The van der Waals surface area contributed by atoms with E-state index in [0.29, 0.717) is 10.7 Å². The fourth-order valence-electron chi connectivity index (χ4n) is 0.913. The van der Waals surface area contributed by atoms with E-state index in [1.165, 1.54) is 6.20 Å². The largest absolute Gasteiger partial charge is 0.481 e. The van der Waals surface area contributed by atoms with Crippen molar-refractivity contribution in [3.05, 3.63) is 29.0 Å². The fourth-order valence-corrected chi connectivity index (χ4v) is 1.02. The quantitative estimate of drug-likeness (QED) is 0.720. The van der Waals surface area contributed by atoms with Crippen LogP contribution in [-0.4, -0.2) is 16.1 Å². The molecule has 0 fully saturated rings. The number of halogens is 1. The van der Waals surface area contributed by atoms with Crippen molar-refractivity contribution in [2.24, 2.45) is 5.73 Å².